The van der Waals surface area contributed by atoms with Crippen molar-refractivity contribution in [3.05, 3.63) is 54.1 Å². The molecule has 3 rings (SSSR count). The summed E-state index contributed by atoms with van der Waals surface area (Å²) in [6.07, 6.45) is 9.87. The maximum absolute atomic E-state index is 10.4. The van der Waals surface area contributed by atoms with E-state index in [2.05, 4.69) is 17.2 Å². The van der Waals surface area contributed by atoms with Gasteiger partial charge in [0, 0.05) is 5.56 Å². The molecule has 0 aliphatic heterocycles. The second kappa shape index (κ2) is 9.37. The zero-order chi connectivity index (χ0) is 18.2. The molecule has 0 bridgehead atoms. The molecular formula is C22H29N3O. The quantitative estimate of drug-likeness (QED) is 0.465. The molecule has 3 aromatic rings. The minimum absolute atomic E-state index is 0.0132. The Kier molecular flexibility index (Phi) is 6.64. The van der Waals surface area contributed by atoms with Gasteiger partial charge in [-0.25, -0.2) is 4.68 Å². The third-order valence-corrected chi connectivity index (χ3v) is 5.05. The van der Waals surface area contributed by atoms with Crippen LogP contribution in [0.4, 0.5) is 0 Å². The number of fused-ring (bicyclic) bond motifs is 1. The third-order valence-electron chi connectivity index (χ3n) is 5.05. The summed E-state index contributed by atoms with van der Waals surface area (Å²) < 4.78 is 1.97. The standard InChI is InChI=1S/C22H29N3O/c1-2-3-4-5-6-7-8-15-20(18-13-9-12-17-22(18)26)25-21-16-11-10-14-19(21)23-24-25/h9-14,16-17,20,26H,2-8,15H2,1H3. The number of hydrogen-bond donors (Lipinski definition) is 1. The normalized spacial score (nSPS) is 12.5. The number of hydrogen-bond acceptors (Lipinski definition) is 3. The summed E-state index contributed by atoms with van der Waals surface area (Å²) >= 11 is 0. The number of aromatic hydroxyl groups is 1. The second-order valence-corrected chi connectivity index (χ2v) is 7.01. The van der Waals surface area contributed by atoms with Crippen molar-refractivity contribution in [2.75, 3.05) is 0 Å². The third kappa shape index (κ3) is 4.43. The second-order valence-electron chi connectivity index (χ2n) is 7.01. The molecule has 1 aromatic heterocycles. The van der Waals surface area contributed by atoms with E-state index in [1.807, 2.05) is 47.1 Å². The summed E-state index contributed by atoms with van der Waals surface area (Å²) in [5, 5.41) is 19.1. The van der Waals surface area contributed by atoms with Gasteiger partial charge in [-0.05, 0) is 24.6 Å². The lowest BCUT2D eigenvalue weighted by Gasteiger charge is -2.19. The first-order chi connectivity index (χ1) is 12.8. The highest BCUT2D eigenvalue weighted by molar-refractivity contribution is 5.74. The van der Waals surface area contributed by atoms with Crippen LogP contribution in [0, 0.1) is 0 Å². The van der Waals surface area contributed by atoms with E-state index in [1.165, 1.54) is 38.5 Å². The predicted molar refractivity (Wildman–Crippen MR) is 106 cm³/mol. The van der Waals surface area contributed by atoms with Gasteiger partial charge in [0.2, 0.25) is 0 Å². The molecule has 1 atom stereocenters. The van der Waals surface area contributed by atoms with Crippen LogP contribution < -0.4 is 0 Å². The Morgan fingerprint density at radius 1 is 0.885 bits per heavy atom. The molecule has 0 saturated heterocycles. The summed E-state index contributed by atoms with van der Waals surface area (Å²) in [7, 11) is 0. The van der Waals surface area contributed by atoms with E-state index in [9.17, 15) is 5.11 Å². The number of phenols is 1. The van der Waals surface area contributed by atoms with E-state index < -0.39 is 0 Å². The highest BCUT2D eigenvalue weighted by Crippen LogP contribution is 2.32. The maximum atomic E-state index is 10.4. The average Bonchev–Trinajstić information content (AvgIpc) is 3.09. The van der Waals surface area contributed by atoms with Crippen LogP contribution in [0.5, 0.6) is 5.75 Å². The Morgan fingerprint density at radius 3 is 2.38 bits per heavy atom. The molecule has 4 heteroatoms. The zero-order valence-electron chi connectivity index (χ0n) is 15.6. The molecule has 0 saturated carbocycles. The molecule has 0 aliphatic carbocycles. The smallest absolute Gasteiger partial charge is 0.120 e. The fourth-order valence-corrected chi connectivity index (χ4v) is 3.59. The minimum atomic E-state index is 0.0132. The van der Waals surface area contributed by atoms with Gasteiger partial charge in [0.1, 0.15) is 11.3 Å². The number of aromatic nitrogens is 3. The number of unbranched alkanes of at least 4 members (excludes halogenated alkanes) is 6. The van der Waals surface area contributed by atoms with E-state index in [0.29, 0.717) is 5.75 Å². The van der Waals surface area contributed by atoms with Crippen LogP contribution in [0.25, 0.3) is 11.0 Å². The molecule has 2 aromatic carbocycles. The van der Waals surface area contributed by atoms with Crippen molar-refractivity contribution < 1.29 is 5.11 Å². The van der Waals surface area contributed by atoms with E-state index >= 15 is 0 Å². The van der Waals surface area contributed by atoms with Crippen molar-refractivity contribution in [1.29, 1.82) is 0 Å². The molecule has 1 N–H and O–H groups in total. The Bertz CT molecular complexity index is 812. The van der Waals surface area contributed by atoms with Gasteiger partial charge < -0.3 is 5.11 Å². The first kappa shape index (κ1) is 18.4. The van der Waals surface area contributed by atoms with Crippen LogP contribution in [0.2, 0.25) is 0 Å². The topological polar surface area (TPSA) is 50.9 Å². The van der Waals surface area contributed by atoms with Crippen LogP contribution in [-0.2, 0) is 0 Å². The molecular weight excluding hydrogens is 322 g/mol. The summed E-state index contributed by atoms with van der Waals surface area (Å²) in [4.78, 5) is 0. The number of phenolic OH excluding ortho intramolecular Hbond substituents is 1. The lowest BCUT2D eigenvalue weighted by Crippen LogP contribution is -2.13. The fraction of sp³-hybridized carbons (Fsp3) is 0.455. The summed E-state index contributed by atoms with van der Waals surface area (Å²) in [5.74, 6) is 0.333. The molecule has 1 unspecified atom stereocenters. The van der Waals surface area contributed by atoms with Gasteiger partial charge in [0.15, 0.2) is 0 Å². The van der Waals surface area contributed by atoms with Crippen LogP contribution in [-0.4, -0.2) is 20.1 Å². The van der Waals surface area contributed by atoms with Crippen molar-refractivity contribution in [3.63, 3.8) is 0 Å². The lowest BCUT2D eigenvalue weighted by molar-refractivity contribution is 0.420. The van der Waals surface area contributed by atoms with E-state index in [4.69, 9.17) is 0 Å². The molecule has 0 amide bonds. The molecule has 0 radical (unpaired) electrons. The summed E-state index contributed by atoms with van der Waals surface area (Å²) in [6, 6.07) is 15.6. The lowest BCUT2D eigenvalue weighted by atomic mass is 9.98. The number of rotatable bonds is 10. The molecule has 26 heavy (non-hydrogen) atoms. The van der Waals surface area contributed by atoms with Gasteiger partial charge in [-0.1, -0.05) is 87.4 Å². The van der Waals surface area contributed by atoms with Gasteiger partial charge >= 0.3 is 0 Å². The van der Waals surface area contributed by atoms with E-state index in [0.717, 1.165) is 29.4 Å². The van der Waals surface area contributed by atoms with Crippen LogP contribution >= 0.6 is 0 Å². The highest BCUT2D eigenvalue weighted by atomic mass is 16.3. The van der Waals surface area contributed by atoms with Gasteiger partial charge in [0.25, 0.3) is 0 Å². The molecule has 138 valence electrons. The Balaban J connectivity index is 1.74. The molecule has 0 fully saturated rings. The van der Waals surface area contributed by atoms with Crippen LogP contribution in [0.1, 0.15) is 69.9 Å². The van der Waals surface area contributed by atoms with E-state index in [1.54, 1.807) is 6.07 Å². The summed E-state index contributed by atoms with van der Waals surface area (Å²) in [5.41, 5.74) is 2.84. The SMILES string of the molecule is CCCCCCCCCC(c1ccccc1O)n1nnc2ccccc21. The van der Waals surface area contributed by atoms with Crippen molar-refractivity contribution >= 4 is 11.0 Å². The van der Waals surface area contributed by atoms with Crippen molar-refractivity contribution in [3.8, 4) is 5.75 Å². The number of benzene rings is 2. The Hall–Kier alpha value is -2.36. The van der Waals surface area contributed by atoms with Gasteiger partial charge in [0.05, 0.1) is 11.6 Å². The van der Waals surface area contributed by atoms with Gasteiger partial charge in [-0.2, -0.15) is 0 Å². The van der Waals surface area contributed by atoms with Crippen molar-refractivity contribution in [2.45, 2.75) is 64.3 Å². The molecule has 1 heterocycles. The Morgan fingerprint density at radius 2 is 1.58 bits per heavy atom. The van der Waals surface area contributed by atoms with Crippen LogP contribution in [0.15, 0.2) is 48.5 Å². The summed E-state index contributed by atoms with van der Waals surface area (Å²) in [6.45, 7) is 2.25. The molecule has 0 spiro atoms. The highest BCUT2D eigenvalue weighted by Gasteiger charge is 2.20. The largest absolute Gasteiger partial charge is 0.508 e. The first-order valence-corrected chi connectivity index (χ1v) is 9.89. The van der Waals surface area contributed by atoms with Gasteiger partial charge in [-0.3, -0.25) is 0 Å². The average molecular weight is 351 g/mol. The number of para-hydroxylation sites is 2. The minimum Gasteiger partial charge on any atom is -0.508 e. The van der Waals surface area contributed by atoms with Crippen LogP contribution in [0.3, 0.4) is 0 Å². The molecule has 0 aliphatic rings. The van der Waals surface area contributed by atoms with Crippen molar-refractivity contribution in [2.24, 2.45) is 0 Å². The Labute approximate surface area is 155 Å². The van der Waals surface area contributed by atoms with Crippen molar-refractivity contribution in [1.82, 2.24) is 15.0 Å². The predicted octanol–water partition coefficient (Wildman–Crippen LogP) is 5.87. The maximum Gasteiger partial charge on any atom is 0.120 e. The van der Waals surface area contributed by atoms with E-state index in [-0.39, 0.29) is 6.04 Å². The fourth-order valence-electron chi connectivity index (χ4n) is 3.59. The first-order valence-electron chi connectivity index (χ1n) is 9.89. The monoisotopic (exact) mass is 351 g/mol. The number of nitrogens with zero attached hydrogens (tertiary/aromatic N) is 3. The zero-order valence-corrected chi connectivity index (χ0v) is 15.6. The van der Waals surface area contributed by atoms with Gasteiger partial charge in [-0.15, -0.1) is 5.10 Å². The molecule has 4 nitrogen and oxygen atoms in total.